The van der Waals surface area contributed by atoms with Crippen LogP contribution in [0.5, 0.6) is 11.5 Å². The molecule has 4 aromatic heterocycles. The van der Waals surface area contributed by atoms with Gasteiger partial charge in [-0.25, -0.2) is 0 Å². The van der Waals surface area contributed by atoms with Crippen LogP contribution in [0, 0.1) is 3.80 Å². The van der Waals surface area contributed by atoms with E-state index < -0.39 is 5.41 Å². The molecule has 0 N–H and O–H groups in total. The Morgan fingerprint density at radius 2 is 1.06 bits per heavy atom. The molecule has 0 fully saturated rings. The number of anilines is 3. The summed E-state index contributed by atoms with van der Waals surface area (Å²) in [6, 6.07) is 48.1. The Morgan fingerprint density at radius 1 is 0.478 bits per heavy atom. The van der Waals surface area contributed by atoms with Gasteiger partial charge in [0.15, 0.2) is 0 Å². The van der Waals surface area contributed by atoms with E-state index in [9.17, 15) is 0 Å². The van der Waals surface area contributed by atoms with Crippen molar-refractivity contribution < 1.29 is 24.1 Å². The third-order valence-electron chi connectivity index (χ3n) is 13.7. The molecule has 336 valence electrons. The molecule has 1 aliphatic carbocycles. The van der Waals surface area contributed by atoms with E-state index in [0.717, 1.165) is 82.5 Å². The maximum atomic E-state index is 7.00. The fourth-order valence-corrected chi connectivity index (χ4v) is 11.3. The monoisotopic (exact) mass is 1060 g/mol. The van der Waals surface area contributed by atoms with Gasteiger partial charge < -0.3 is 0 Å². The predicted molar refractivity (Wildman–Crippen MR) is 267 cm³/mol. The zero-order valence-corrected chi connectivity index (χ0v) is 41.8. The van der Waals surface area contributed by atoms with E-state index >= 15 is 0 Å². The molecule has 1 spiro atoms. The Morgan fingerprint density at radius 3 is 1.70 bits per heavy atom. The standard InChI is InChI=1S/C59H54N6O.Pt/c1-56(2,3)38-23-28-62-55(32-38)65-51-18-11-10-17-47(51)59(49-35-60-26-24-45(49)46-25-27-61-36-50(46)59)48-22-21-44(34-54(48)65)66-43-16-14-15-41(33-43)63-37-64(53-20-13-12-19-52(53)63)42-30-39(57(4,5)6)29-40(31-42)58(7,8)9;/h10-36H,1-9H3;. The van der Waals surface area contributed by atoms with Crippen LogP contribution in [0.15, 0.2) is 164 Å². The third-order valence-corrected chi connectivity index (χ3v) is 14.7. The maximum absolute atomic E-state index is 7.00. The van der Waals surface area contributed by atoms with Crippen molar-refractivity contribution in [3.8, 4) is 34.0 Å². The first-order chi connectivity index (χ1) is 32.0. The minimum atomic E-state index is -0.683. The number of imidazole rings is 1. The number of aromatic nitrogens is 5. The number of hydrogen-bond donors (Lipinski definition) is 0. The summed E-state index contributed by atoms with van der Waals surface area (Å²) >= 11 is 2.50. The first-order valence-electron chi connectivity index (χ1n) is 23.1. The van der Waals surface area contributed by atoms with Crippen LogP contribution in [-0.4, -0.2) is 24.1 Å². The van der Waals surface area contributed by atoms with Crippen LogP contribution in [0.2, 0.25) is 0 Å². The molecule has 0 amide bonds. The van der Waals surface area contributed by atoms with Crippen molar-refractivity contribution in [3.63, 3.8) is 0 Å². The molecular weight excluding hydrogens is 1000 g/mol. The quantitative estimate of drug-likeness (QED) is 0.172. The number of fused-ring (bicyclic) bond motifs is 10. The molecule has 5 heterocycles. The normalized spacial score (nSPS) is 13.9. The summed E-state index contributed by atoms with van der Waals surface area (Å²) in [6.07, 6.45) is 9.80. The van der Waals surface area contributed by atoms with Crippen molar-refractivity contribution >= 4 is 28.2 Å². The van der Waals surface area contributed by atoms with Gasteiger partial charge in [-0.3, -0.25) is 9.97 Å². The summed E-state index contributed by atoms with van der Waals surface area (Å²) in [5, 5.41) is 0. The van der Waals surface area contributed by atoms with Crippen molar-refractivity contribution in [2.45, 2.75) is 84.0 Å². The van der Waals surface area contributed by atoms with Crippen LogP contribution in [-0.2, 0) is 41.0 Å². The summed E-state index contributed by atoms with van der Waals surface area (Å²) in [4.78, 5) is 16.9. The van der Waals surface area contributed by atoms with Crippen molar-refractivity contribution in [2.24, 2.45) is 0 Å². The van der Waals surface area contributed by atoms with Crippen molar-refractivity contribution in [1.29, 1.82) is 0 Å². The first-order valence-corrected chi connectivity index (χ1v) is 24.2. The summed E-state index contributed by atoms with van der Waals surface area (Å²) in [6.45, 7) is 20.5. The Hall–Kier alpha value is -6.69. The number of hydrogen-bond acceptors (Lipinski definition) is 5. The van der Waals surface area contributed by atoms with E-state index in [2.05, 4.69) is 223 Å². The van der Waals surface area contributed by atoms with Crippen LogP contribution in [0.4, 0.5) is 17.2 Å². The second kappa shape index (κ2) is 15.4. The van der Waals surface area contributed by atoms with E-state index in [1.165, 1.54) is 16.7 Å². The molecule has 2 aliphatic rings. The summed E-state index contributed by atoms with van der Waals surface area (Å²) in [5.74, 6) is 2.29. The Kier molecular flexibility index (Phi) is 9.88. The van der Waals surface area contributed by atoms with Gasteiger partial charge in [0, 0.05) is 31.0 Å². The molecule has 5 aromatic carbocycles. The summed E-state index contributed by atoms with van der Waals surface area (Å²) in [5.41, 5.74) is 16.3. The molecule has 0 unspecified atom stereocenters. The van der Waals surface area contributed by atoms with Crippen molar-refractivity contribution in [2.75, 3.05) is 4.90 Å². The third kappa shape index (κ3) is 6.88. The van der Waals surface area contributed by atoms with Crippen molar-refractivity contribution in [1.82, 2.24) is 24.1 Å². The molecule has 0 atom stereocenters. The predicted octanol–water partition coefficient (Wildman–Crippen LogP) is 14.5. The van der Waals surface area contributed by atoms with Crippen molar-refractivity contribution in [3.05, 3.63) is 207 Å². The van der Waals surface area contributed by atoms with Gasteiger partial charge in [-0.05, 0) is 40.3 Å². The van der Waals surface area contributed by atoms with E-state index in [1.807, 2.05) is 37.1 Å². The number of rotatable bonds is 5. The molecule has 0 saturated carbocycles. The van der Waals surface area contributed by atoms with Crippen LogP contribution in [0.1, 0.15) is 101 Å². The van der Waals surface area contributed by atoms with E-state index in [4.69, 9.17) is 19.7 Å². The molecule has 9 aromatic rings. The topological polar surface area (TPSA) is 61.0 Å². The molecule has 11 rings (SSSR count). The van der Waals surface area contributed by atoms with Gasteiger partial charge in [0.05, 0.1) is 0 Å². The molecule has 0 radical (unpaired) electrons. The van der Waals surface area contributed by atoms with Gasteiger partial charge in [-0.15, -0.1) is 0 Å². The number of pyridine rings is 3. The fourth-order valence-electron chi connectivity index (χ4n) is 10.2. The van der Waals surface area contributed by atoms with E-state index in [-0.39, 0.29) is 16.2 Å². The van der Waals surface area contributed by atoms with E-state index in [1.54, 1.807) is 0 Å². The molecule has 0 bridgehead atoms. The summed E-state index contributed by atoms with van der Waals surface area (Å²) in [7, 11) is 0. The average Bonchev–Trinajstić information content (AvgIpc) is 3.77. The van der Waals surface area contributed by atoms with Gasteiger partial charge >= 0.3 is 286 Å². The molecule has 8 heteroatoms. The second-order valence-corrected chi connectivity index (χ2v) is 22.1. The van der Waals surface area contributed by atoms with E-state index in [0.29, 0.717) is 5.75 Å². The Labute approximate surface area is 404 Å². The Bertz CT molecular complexity index is 3430. The van der Waals surface area contributed by atoms with Gasteiger partial charge in [0.25, 0.3) is 0 Å². The number of ether oxygens (including phenoxy) is 1. The Balaban J connectivity index is 1.07. The SMILES string of the molecule is CC(C)(C)c1cc(-n2[c](=[Pt])n(-c3cccc(Oc4ccc5c(c4)N(c4cc(C(C)(C)C)ccn4)c4ccccc4C54c5cnccc5-c5ccncc54)c3)c3ccccc32)cc(C(C)(C)C)c1. The number of nitrogens with zero attached hydrogens (tertiary/aromatic N) is 6. The van der Waals surface area contributed by atoms with Crippen LogP contribution >= 0.6 is 0 Å². The van der Waals surface area contributed by atoms with Gasteiger partial charge in [-0.2, -0.15) is 0 Å². The number of benzene rings is 5. The van der Waals surface area contributed by atoms with Crippen LogP contribution in [0.3, 0.4) is 0 Å². The second-order valence-electron chi connectivity index (χ2n) is 21.0. The average molecular weight is 1060 g/mol. The van der Waals surface area contributed by atoms with Crippen LogP contribution < -0.4 is 9.64 Å². The minimum absolute atomic E-state index is 0.0165. The molecule has 0 saturated heterocycles. The van der Waals surface area contributed by atoms with Gasteiger partial charge in [0.2, 0.25) is 0 Å². The fraction of sp³-hybridized carbons (Fsp3) is 0.220. The number of para-hydroxylation sites is 3. The molecular formula is C59H54N6OPt. The first kappa shape index (κ1) is 42.9. The van der Waals surface area contributed by atoms with Gasteiger partial charge in [-0.1, -0.05) is 39.0 Å². The molecule has 7 nitrogen and oxygen atoms in total. The van der Waals surface area contributed by atoms with Crippen LogP contribution in [0.25, 0.3) is 33.5 Å². The zero-order chi connectivity index (χ0) is 46.6. The summed E-state index contributed by atoms with van der Waals surface area (Å²) < 4.78 is 12.8. The zero-order valence-electron chi connectivity index (χ0n) is 39.5. The molecule has 1 aliphatic heterocycles. The molecule has 67 heavy (non-hydrogen) atoms. The van der Waals surface area contributed by atoms with Gasteiger partial charge in [0.1, 0.15) is 0 Å².